The van der Waals surface area contributed by atoms with E-state index in [2.05, 4.69) is 10.5 Å². The van der Waals surface area contributed by atoms with Gasteiger partial charge in [-0.25, -0.2) is 4.79 Å². The van der Waals surface area contributed by atoms with Crippen LogP contribution in [0.4, 0.5) is 4.79 Å². The predicted octanol–water partition coefficient (Wildman–Crippen LogP) is 4.02. The van der Waals surface area contributed by atoms with Crippen LogP contribution in [0.1, 0.15) is 51.5 Å². The van der Waals surface area contributed by atoms with E-state index in [1.165, 1.54) is 0 Å². The van der Waals surface area contributed by atoms with Crippen molar-refractivity contribution < 1.29 is 14.6 Å². The molecular weight excluding hydrogens is 316 g/mol. The number of amides is 1. The Labute approximate surface area is 148 Å². The molecule has 1 aliphatic rings. The highest BCUT2D eigenvalue weighted by atomic mass is 16.6. The number of aliphatic hydroxyl groups excluding tert-OH is 1. The molecule has 2 aromatic heterocycles. The zero-order valence-electron chi connectivity index (χ0n) is 15.3. The lowest BCUT2D eigenvalue weighted by Crippen LogP contribution is -2.39. The highest BCUT2D eigenvalue weighted by molar-refractivity contribution is 5.75. The smallest absolute Gasteiger partial charge is 0.410 e. The summed E-state index contributed by atoms with van der Waals surface area (Å²) in [4.78, 5) is 13.9. The standard InChI is InChI=1S/C20H26N2O3/c1-14(23)17-13-16-7-5-6-10-22(16)18(17)15-8-11-21(12-9-15)19(24)25-20(2,3)4/h5-8,10,13-14,23H,9,11-12H2,1-4H3. The second-order valence-corrected chi connectivity index (χ2v) is 7.53. The van der Waals surface area contributed by atoms with Gasteiger partial charge in [0.05, 0.1) is 11.8 Å². The molecule has 1 aliphatic heterocycles. The van der Waals surface area contributed by atoms with Crippen LogP contribution in [0.3, 0.4) is 0 Å². The van der Waals surface area contributed by atoms with Crippen molar-refractivity contribution in [3.05, 3.63) is 47.8 Å². The van der Waals surface area contributed by atoms with Crippen LogP contribution >= 0.6 is 0 Å². The zero-order chi connectivity index (χ0) is 18.2. The van der Waals surface area contributed by atoms with Crippen molar-refractivity contribution in [3.63, 3.8) is 0 Å². The molecule has 5 nitrogen and oxygen atoms in total. The Kier molecular flexibility index (Phi) is 4.60. The fourth-order valence-electron chi connectivity index (χ4n) is 3.18. The molecule has 0 aliphatic carbocycles. The Morgan fingerprint density at radius 2 is 2.08 bits per heavy atom. The molecule has 0 saturated heterocycles. The van der Waals surface area contributed by atoms with Crippen LogP contribution in [0.15, 0.2) is 36.5 Å². The normalized spacial score (nSPS) is 16.7. The molecule has 0 radical (unpaired) electrons. The average Bonchev–Trinajstić information content (AvgIpc) is 2.93. The van der Waals surface area contributed by atoms with Crippen molar-refractivity contribution in [2.75, 3.05) is 13.1 Å². The number of carbonyl (C=O) groups excluding carboxylic acids is 1. The molecule has 5 heteroatoms. The van der Waals surface area contributed by atoms with Crippen molar-refractivity contribution in [2.24, 2.45) is 0 Å². The van der Waals surface area contributed by atoms with E-state index < -0.39 is 11.7 Å². The van der Waals surface area contributed by atoms with Crippen molar-refractivity contribution in [2.45, 2.75) is 45.8 Å². The van der Waals surface area contributed by atoms with Crippen LogP contribution in [0, 0.1) is 0 Å². The first-order valence-electron chi connectivity index (χ1n) is 8.71. The fourth-order valence-corrected chi connectivity index (χ4v) is 3.18. The number of carbonyl (C=O) groups is 1. The number of rotatable bonds is 2. The summed E-state index contributed by atoms with van der Waals surface area (Å²) >= 11 is 0. The lowest BCUT2D eigenvalue weighted by atomic mass is 9.99. The summed E-state index contributed by atoms with van der Waals surface area (Å²) in [6, 6.07) is 8.04. The molecule has 0 bridgehead atoms. The topological polar surface area (TPSA) is 54.2 Å². The summed E-state index contributed by atoms with van der Waals surface area (Å²) in [5, 5.41) is 10.2. The Balaban J connectivity index is 1.88. The lowest BCUT2D eigenvalue weighted by Gasteiger charge is -2.30. The molecule has 3 rings (SSSR count). The average molecular weight is 342 g/mol. The number of fused-ring (bicyclic) bond motifs is 1. The summed E-state index contributed by atoms with van der Waals surface area (Å²) in [6.45, 7) is 8.53. The predicted molar refractivity (Wildman–Crippen MR) is 98.4 cm³/mol. The summed E-state index contributed by atoms with van der Waals surface area (Å²) < 4.78 is 7.56. The van der Waals surface area contributed by atoms with Crippen LogP contribution in [0.2, 0.25) is 0 Å². The first-order valence-corrected chi connectivity index (χ1v) is 8.71. The third kappa shape index (κ3) is 3.71. The second-order valence-electron chi connectivity index (χ2n) is 7.53. The molecular formula is C20H26N2O3. The van der Waals surface area contributed by atoms with Gasteiger partial charge in [-0.2, -0.15) is 0 Å². The zero-order valence-corrected chi connectivity index (χ0v) is 15.3. The molecule has 2 aromatic rings. The van der Waals surface area contributed by atoms with E-state index in [1.54, 1.807) is 11.8 Å². The number of nitrogens with zero attached hydrogens (tertiary/aromatic N) is 2. The first-order chi connectivity index (χ1) is 11.8. The maximum Gasteiger partial charge on any atom is 0.410 e. The van der Waals surface area contributed by atoms with E-state index in [-0.39, 0.29) is 6.09 Å². The Morgan fingerprint density at radius 3 is 2.68 bits per heavy atom. The van der Waals surface area contributed by atoms with Crippen LogP contribution in [0.5, 0.6) is 0 Å². The van der Waals surface area contributed by atoms with Crippen molar-refractivity contribution in [3.8, 4) is 0 Å². The second kappa shape index (κ2) is 6.56. The molecule has 134 valence electrons. The van der Waals surface area contributed by atoms with E-state index in [0.717, 1.165) is 28.8 Å². The minimum atomic E-state index is -0.542. The highest BCUT2D eigenvalue weighted by Crippen LogP contribution is 2.32. The SMILES string of the molecule is CC(O)c1cc2ccccn2c1C1=CCN(C(=O)OC(C)(C)C)CC1. The molecule has 0 saturated carbocycles. The molecule has 0 fully saturated rings. The fraction of sp³-hybridized carbons (Fsp3) is 0.450. The van der Waals surface area contributed by atoms with Gasteiger partial charge in [-0.05, 0) is 57.9 Å². The Morgan fingerprint density at radius 1 is 1.32 bits per heavy atom. The molecule has 1 N–H and O–H groups in total. The first kappa shape index (κ1) is 17.5. The van der Waals surface area contributed by atoms with Gasteiger partial charge in [0.1, 0.15) is 5.60 Å². The van der Waals surface area contributed by atoms with Crippen LogP contribution in [-0.2, 0) is 4.74 Å². The summed E-state index contributed by atoms with van der Waals surface area (Å²) in [5.41, 5.74) is 3.68. The monoisotopic (exact) mass is 342 g/mol. The van der Waals surface area contributed by atoms with E-state index in [1.807, 2.05) is 51.2 Å². The van der Waals surface area contributed by atoms with Crippen molar-refractivity contribution >= 4 is 17.2 Å². The van der Waals surface area contributed by atoms with Gasteiger partial charge in [-0.1, -0.05) is 12.1 Å². The number of pyridine rings is 1. The third-order valence-electron chi connectivity index (χ3n) is 4.32. The van der Waals surface area contributed by atoms with Crippen molar-refractivity contribution in [1.29, 1.82) is 0 Å². The van der Waals surface area contributed by atoms with Gasteiger partial charge in [-0.3, -0.25) is 0 Å². The molecule has 0 aromatic carbocycles. The quantitative estimate of drug-likeness (QED) is 0.897. The molecule has 3 heterocycles. The van der Waals surface area contributed by atoms with Gasteiger partial charge in [0.25, 0.3) is 0 Å². The summed E-state index contributed by atoms with van der Waals surface area (Å²) in [5.74, 6) is 0. The van der Waals surface area contributed by atoms with Crippen LogP contribution in [0.25, 0.3) is 11.1 Å². The maximum atomic E-state index is 12.2. The largest absolute Gasteiger partial charge is 0.444 e. The molecule has 1 amide bonds. The van der Waals surface area contributed by atoms with E-state index >= 15 is 0 Å². The van der Waals surface area contributed by atoms with Gasteiger partial charge >= 0.3 is 6.09 Å². The van der Waals surface area contributed by atoms with E-state index in [9.17, 15) is 9.90 Å². The minimum absolute atomic E-state index is 0.279. The molecule has 1 atom stereocenters. The Bertz CT molecular complexity index is 812. The number of aromatic nitrogens is 1. The number of hydrogen-bond acceptors (Lipinski definition) is 3. The van der Waals surface area contributed by atoms with Gasteiger partial charge in [0.15, 0.2) is 0 Å². The number of ether oxygens (including phenoxy) is 1. The number of hydrogen-bond donors (Lipinski definition) is 1. The third-order valence-corrected chi connectivity index (χ3v) is 4.32. The van der Waals surface area contributed by atoms with Gasteiger partial charge in [-0.15, -0.1) is 0 Å². The molecule has 1 unspecified atom stereocenters. The van der Waals surface area contributed by atoms with E-state index in [4.69, 9.17) is 4.74 Å². The minimum Gasteiger partial charge on any atom is -0.444 e. The van der Waals surface area contributed by atoms with Gasteiger partial charge < -0.3 is 19.1 Å². The number of aliphatic hydroxyl groups is 1. The Hall–Kier alpha value is -2.27. The molecule has 0 spiro atoms. The van der Waals surface area contributed by atoms with E-state index in [0.29, 0.717) is 13.1 Å². The molecule has 25 heavy (non-hydrogen) atoms. The highest BCUT2D eigenvalue weighted by Gasteiger charge is 2.26. The van der Waals surface area contributed by atoms with Crippen LogP contribution in [-0.4, -0.2) is 39.2 Å². The van der Waals surface area contributed by atoms with Crippen molar-refractivity contribution in [1.82, 2.24) is 9.30 Å². The summed E-state index contributed by atoms with van der Waals surface area (Å²) in [6.07, 6.45) is 3.99. The van der Waals surface area contributed by atoms with Gasteiger partial charge in [0, 0.05) is 30.4 Å². The van der Waals surface area contributed by atoms with Gasteiger partial charge in [0.2, 0.25) is 0 Å². The maximum absolute atomic E-state index is 12.2. The van der Waals surface area contributed by atoms with Crippen LogP contribution < -0.4 is 0 Å². The summed E-state index contributed by atoms with van der Waals surface area (Å²) in [7, 11) is 0. The lowest BCUT2D eigenvalue weighted by molar-refractivity contribution is 0.0270.